The summed E-state index contributed by atoms with van der Waals surface area (Å²) in [6, 6.07) is 1.02. The number of hydrogen-bond acceptors (Lipinski definition) is 4. The summed E-state index contributed by atoms with van der Waals surface area (Å²) in [5.74, 6) is 0. The largest absolute Gasteiger partial charge is 0.360 e. The van der Waals surface area contributed by atoms with E-state index in [1.54, 1.807) is 0 Å². The van der Waals surface area contributed by atoms with Crippen LogP contribution in [-0.2, 0) is 9.26 Å². The zero-order valence-corrected chi connectivity index (χ0v) is 12.8. The van der Waals surface area contributed by atoms with Gasteiger partial charge >= 0.3 is 0 Å². The highest BCUT2D eigenvalue weighted by Crippen LogP contribution is 2.25. The first kappa shape index (κ1) is 15.3. The van der Waals surface area contributed by atoms with Crippen LogP contribution in [0.5, 0.6) is 0 Å². The van der Waals surface area contributed by atoms with E-state index in [0.29, 0.717) is 21.0 Å². The second kappa shape index (κ2) is 7.65. The Bertz CT molecular complexity index is 207. The molecular weight excluding hydrogens is 235 g/mol. The minimum atomic E-state index is 0.205. The van der Waals surface area contributed by atoms with Gasteiger partial charge in [-0.05, 0) is 34.6 Å². The van der Waals surface area contributed by atoms with E-state index in [-0.39, 0.29) is 6.23 Å². The molecule has 2 atom stereocenters. The summed E-state index contributed by atoms with van der Waals surface area (Å²) >= 11 is 0. The van der Waals surface area contributed by atoms with E-state index in [1.165, 1.54) is 0 Å². The molecule has 2 unspecified atom stereocenters. The maximum atomic E-state index is 5.91. The van der Waals surface area contributed by atoms with Crippen molar-refractivity contribution in [2.75, 3.05) is 26.3 Å². The molecule has 0 aliphatic carbocycles. The Balaban J connectivity index is 2.51. The molecule has 0 N–H and O–H groups in total. The SMILES string of the molecule is CCOPN1CCOC(N(C(C)C)C(C)C)C1. The molecule has 1 aliphatic heterocycles. The van der Waals surface area contributed by atoms with Gasteiger partial charge in [0.15, 0.2) is 0 Å². The van der Waals surface area contributed by atoms with Crippen molar-refractivity contribution in [1.29, 1.82) is 0 Å². The van der Waals surface area contributed by atoms with Gasteiger partial charge in [-0.1, -0.05) is 0 Å². The van der Waals surface area contributed by atoms with Crippen LogP contribution in [0.2, 0.25) is 0 Å². The van der Waals surface area contributed by atoms with Crippen molar-refractivity contribution in [2.24, 2.45) is 0 Å². The molecular formula is C12H27N2O2P. The number of nitrogens with zero attached hydrogens (tertiary/aromatic N) is 2. The molecule has 0 aromatic rings. The average Bonchev–Trinajstić information content (AvgIpc) is 2.26. The fourth-order valence-electron chi connectivity index (χ4n) is 2.31. The van der Waals surface area contributed by atoms with Gasteiger partial charge in [-0.2, -0.15) is 0 Å². The number of hydrogen-bond donors (Lipinski definition) is 0. The summed E-state index contributed by atoms with van der Waals surface area (Å²) < 4.78 is 13.8. The molecule has 0 amide bonds. The molecule has 102 valence electrons. The Morgan fingerprint density at radius 1 is 1.35 bits per heavy atom. The Morgan fingerprint density at radius 2 is 2.00 bits per heavy atom. The zero-order chi connectivity index (χ0) is 12.8. The van der Waals surface area contributed by atoms with Crippen LogP contribution in [-0.4, -0.2) is 54.2 Å². The first-order chi connectivity index (χ1) is 8.06. The molecule has 1 aliphatic rings. The molecule has 0 spiro atoms. The Labute approximate surface area is 108 Å². The van der Waals surface area contributed by atoms with Crippen LogP contribution in [0.1, 0.15) is 34.6 Å². The van der Waals surface area contributed by atoms with Crippen LogP contribution >= 0.6 is 8.96 Å². The van der Waals surface area contributed by atoms with Gasteiger partial charge in [-0.15, -0.1) is 0 Å². The lowest BCUT2D eigenvalue weighted by Gasteiger charge is -2.42. The highest BCUT2D eigenvalue weighted by atomic mass is 31.1. The van der Waals surface area contributed by atoms with Crippen LogP contribution in [0.15, 0.2) is 0 Å². The van der Waals surface area contributed by atoms with E-state index >= 15 is 0 Å². The lowest BCUT2D eigenvalue weighted by atomic mass is 10.2. The molecule has 0 radical (unpaired) electrons. The van der Waals surface area contributed by atoms with Crippen LogP contribution in [0.4, 0.5) is 0 Å². The van der Waals surface area contributed by atoms with Gasteiger partial charge in [0, 0.05) is 31.8 Å². The fourth-order valence-corrected chi connectivity index (χ4v) is 3.04. The number of ether oxygens (including phenoxy) is 1. The highest BCUT2D eigenvalue weighted by molar-refractivity contribution is 7.29. The van der Waals surface area contributed by atoms with Crippen molar-refractivity contribution in [3.63, 3.8) is 0 Å². The van der Waals surface area contributed by atoms with Gasteiger partial charge in [0.1, 0.15) is 6.23 Å². The molecule has 0 bridgehead atoms. The molecule has 5 heteroatoms. The zero-order valence-electron chi connectivity index (χ0n) is 11.8. The second-order valence-electron chi connectivity index (χ2n) is 4.93. The van der Waals surface area contributed by atoms with E-state index < -0.39 is 0 Å². The molecule has 17 heavy (non-hydrogen) atoms. The van der Waals surface area contributed by atoms with Crippen LogP contribution in [0.3, 0.4) is 0 Å². The van der Waals surface area contributed by atoms with Crippen LogP contribution < -0.4 is 0 Å². The van der Waals surface area contributed by atoms with Crippen molar-refractivity contribution >= 4 is 8.96 Å². The Kier molecular flexibility index (Phi) is 6.90. The molecule has 0 aromatic heterocycles. The van der Waals surface area contributed by atoms with Crippen LogP contribution in [0.25, 0.3) is 0 Å². The summed E-state index contributed by atoms with van der Waals surface area (Å²) in [6.45, 7) is 14.5. The van der Waals surface area contributed by atoms with Gasteiger partial charge in [0.25, 0.3) is 0 Å². The van der Waals surface area contributed by atoms with Crippen molar-refractivity contribution in [1.82, 2.24) is 9.57 Å². The Hall–Kier alpha value is 0.270. The third-order valence-electron chi connectivity index (χ3n) is 2.91. The second-order valence-corrected chi connectivity index (χ2v) is 6.03. The minimum absolute atomic E-state index is 0.205. The van der Waals surface area contributed by atoms with E-state index in [1.807, 2.05) is 6.92 Å². The first-order valence-electron chi connectivity index (χ1n) is 6.57. The summed E-state index contributed by atoms with van der Waals surface area (Å²) in [7, 11) is 0.474. The summed E-state index contributed by atoms with van der Waals surface area (Å²) in [4.78, 5) is 2.43. The summed E-state index contributed by atoms with van der Waals surface area (Å²) in [6.07, 6.45) is 0.205. The topological polar surface area (TPSA) is 24.9 Å². The quantitative estimate of drug-likeness (QED) is 0.686. The summed E-state index contributed by atoms with van der Waals surface area (Å²) in [5, 5.41) is 0. The molecule has 1 saturated heterocycles. The van der Waals surface area contributed by atoms with Crippen molar-refractivity contribution < 1.29 is 9.26 Å². The van der Waals surface area contributed by atoms with Crippen LogP contribution in [0, 0.1) is 0 Å². The van der Waals surface area contributed by atoms with Crippen molar-refractivity contribution in [3.05, 3.63) is 0 Å². The predicted octanol–water partition coefficient (Wildman–Crippen LogP) is 2.31. The maximum absolute atomic E-state index is 5.91. The van der Waals surface area contributed by atoms with E-state index in [4.69, 9.17) is 9.26 Å². The minimum Gasteiger partial charge on any atom is -0.360 e. The number of rotatable bonds is 6. The van der Waals surface area contributed by atoms with Gasteiger partial charge in [-0.25, -0.2) is 0 Å². The van der Waals surface area contributed by atoms with Gasteiger partial charge in [-0.3, -0.25) is 9.57 Å². The molecule has 1 heterocycles. The monoisotopic (exact) mass is 262 g/mol. The highest BCUT2D eigenvalue weighted by Gasteiger charge is 2.29. The lowest BCUT2D eigenvalue weighted by molar-refractivity contribution is -0.118. The average molecular weight is 262 g/mol. The van der Waals surface area contributed by atoms with Crippen molar-refractivity contribution in [3.8, 4) is 0 Å². The van der Waals surface area contributed by atoms with E-state index in [0.717, 1.165) is 26.3 Å². The van der Waals surface area contributed by atoms with Gasteiger partial charge in [0.2, 0.25) is 0 Å². The Morgan fingerprint density at radius 3 is 2.53 bits per heavy atom. The smallest absolute Gasteiger partial charge is 0.124 e. The van der Waals surface area contributed by atoms with E-state index in [2.05, 4.69) is 37.3 Å². The van der Waals surface area contributed by atoms with Gasteiger partial charge in [0.05, 0.1) is 15.6 Å². The lowest BCUT2D eigenvalue weighted by Crippen LogP contribution is -2.53. The van der Waals surface area contributed by atoms with Crippen molar-refractivity contribution in [2.45, 2.75) is 52.9 Å². The molecule has 1 rings (SSSR count). The number of morpholine rings is 1. The standard InChI is InChI=1S/C12H27N2O2P/c1-6-16-17-13-7-8-15-12(9-13)14(10(2)3)11(4)5/h10-12,17H,6-9H2,1-5H3. The third-order valence-corrected chi connectivity index (χ3v) is 3.99. The fraction of sp³-hybridized carbons (Fsp3) is 1.00. The summed E-state index contributed by atoms with van der Waals surface area (Å²) in [5.41, 5.74) is 0. The molecule has 0 saturated carbocycles. The molecule has 0 aromatic carbocycles. The van der Waals surface area contributed by atoms with Gasteiger partial charge < -0.3 is 9.26 Å². The molecule has 4 nitrogen and oxygen atoms in total. The predicted molar refractivity (Wildman–Crippen MR) is 73.4 cm³/mol. The third kappa shape index (κ3) is 4.80. The first-order valence-corrected chi connectivity index (χ1v) is 7.43. The maximum Gasteiger partial charge on any atom is 0.124 e. The van der Waals surface area contributed by atoms with E-state index in [9.17, 15) is 0 Å². The normalized spacial score (nSPS) is 23.6. The molecule has 1 fully saturated rings.